The Morgan fingerprint density at radius 3 is 2.07 bits per heavy atom. The number of aliphatic hydroxyl groups excluding tert-OH is 1. The molecule has 1 unspecified atom stereocenters. The van der Waals surface area contributed by atoms with Gasteiger partial charge in [-0.15, -0.1) is 0 Å². The lowest BCUT2D eigenvalue weighted by atomic mass is 9.87. The van der Waals surface area contributed by atoms with Crippen LogP contribution in [-0.2, 0) is 14.3 Å². The van der Waals surface area contributed by atoms with Gasteiger partial charge in [0.1, 0.15) is 6.61 Å². The number of esters is 1. The predicted octanol–water partition coefficient (Wildman–Crippen LogP) is 2.78. The molecule has 2 aromatic rings. The van der Waals surface area contributed by atoms with Gasteiger partial charge in [0.05, 0.1) is 6.10 Å². The molecule has 3 rings (SSSR count). The maximum atomic E-state index is 12.6. The van der Waals surface area contributed by atoms with Crippen LogP contribution in [0.15, 0.2) is 48.5 Å². The number of rotatable bonds is 8. The molecule has 6 heteroatoms. The van der Waals surface area contributed by atoms with E-state index in [9.17, 15) is 19.8 Å². The zero-order valence-electron chi connectivity index (χ0n) is 16.6. The van der Waals surface area contributed by atoms with Gasteiger partial charge >= 0.3 is 11.9 Å². The zero-order chi connectivity index (χ0) is 21.1. The van der Waals surface area contributed by atoms with E-state index in [1.54, 1.807) is 0 Å². The number of nitrogens with two attached hydrogens (primary N) is 1. The Kier molecular flexibility index (Phi) is 6.35. The van der Waals surface area contributed by atoms with Crippen molar-refractivity contribution in [1.29, 1.82) is 0 Å². The van der Waals surface area contributed by atoms with E-state index in [2.05, 4.69) is 0 Å². The standard InChI is InChI=1S/C23H27NO5/c1-3-13(2)20(24)21(25)19(22(26)27)23(28)29-12-18-16-10-6-4-8-14(16)15-9-5-7-11-17(15)18/h4-11,13,18-21,25H,3,12,24H2,1-2H3,(H,26,27)/t13-,19?,20-,21-/m0/s1. The fourth-order valence-electron chi connectivity index (χ4n) is 3.91. The van der Waals surface area contributed by atoms with Gasteiger partial charge in [-0.3, -0.25) is 9.59 Å². The number of fused-ring (bicyclic) bond motifs is 3. The van der Waals surface area contributed by atoms with Crippen LogP contribution < -0.4 is 5.73 Å². The maximum Gasteiger partial charge on any atom is 0.323 e. The third kappa shape index (κ3) is 4.04. The third-order valence-corrected chi connectivity index (χ3v) is 5.91. The van der Waals surface area contributed by atoms with E-state index in [0.717, 1.165) is 22.3 Å². The first kappa shape index (κ1) is 21.0. The number of carbonyl (C=O) groups is 2. The Hall–Kier alpha value is -2.70. The lowest BCUT2D eigenvalue weighted by Gasteiger charge is -2.27. The molecule has 1 aliphatic rings. The molecule has 4 atom stereocenters. The van der Waals surface area contributed by atoms with Crippen LogP contribution >= 0.6 is 0 Å². The van der Waals surface area contributed by atoms with Crippen molar-refractivity contribution in [1.82, 2.24) is 0 Å². The van der Waals surface area contributed by atoms with Crippen molar-refractivity contribution in [2.75, 3.05) is 6.61 Å². The van der Waals surface area contributed by atoms with Gasteiger partial charge in [0.25, 0.3) is 0 Å². The first-order valence-electron chi connectivity index (χ1n) is 9.88. The van der Waals surface area contributed by atoms with Crippen molar-refractivity contribution in [3.05, 3.63) is 59.7 Å². The maximum absolute atomic E-state index is 12.6. The second kappa shape index (κ2) is 8.76. The third-order valence-electron chi connectivity index (χ3n) is 5.91. The van der Waals surface area contributed by atoms with Crippen LogP contribution in [0.5, 0.6) is 0 Å². The molecule has 0 heterocycles. The van der Waals surface area contributed by atoms with Gasteiger partial charge in [0.2, 0.25) is 0 Å². The summed E-state index contributed by atoms with van der Waals surface area (Å²) in [6.45, 7) is 3.70. The first-order chi connectivity index (χ1) is 13.9. The van der Waals surface area contributed by atoms with Crippen LogP contribution in [0.25, 0.3) is 11.1 Å². The minimum absolute atomic E-state index is 0.00191. The Labute approximate surface area is 170 Å². The first-order valence-corrected chi connectivity index (χ1v) is 9.88. The normalized spacial score (nSPS) is 17.0. The Morgan fingerprint density at radius 2 is 1.59 bits per heavy atom. The summed E-state index contributed by atoms with van der Waals surface area (Å²) in [5.74, 6) is -4.43. The summed E-state index contributed by atoms with van der Waals surface area (Å²) >= 11 is 0. The molecule has 0 fully saturated rings. The number of hydrogen-bond acceptors (Lipinski definition) is 5. The lowest BCUT2D eigenvalue weighted by molar-refractivity contribution is -0.165. The molecular formula is C23H27NO5. The SMILES string of the molecule is CC[C@H](C)[C@H](N)[C@@H](O)C(C(=O)O)C(=O)OCC1c2ccccc2-c2ccccc21. The second-order valence-electron chi connectivity index (χ2n) is 7.63. The summed E-state index contributed by atoms with van der Waals surface area (Å²) in [5, 5.41) is 19.9. The molecule has 1 aliphatic carbocycles. The predicted molar refractivity (Wildman–Crippen MR) is 109 cm³/mol. The van der Waals surface area contributed by atoms with Crippen LogP contribution in [0.4, 0.5) is 0 Å². The molecule has 0 spiro atoms. The highest BCUT2D eigenvalue weighted by Gasteiger charge is 2.40. The monoisotopic (exact) mass is 397 g/mol. The number of carboxylic acid groups (broad SMARTS) is 1. The fraction of sp³-hybridized carbons (Fsp3) is 0.391. The molecule has 0 saturated heterocycles. The number of benzene rings is 2. The van der Waals surface area contributed by atoms with E-state index in [1.807, 2.05) is 62.4 Å². The van der Waals surface area contributed by atoms with Gasteiger partial charge in [-0.2, -0.15) is 0 Å². The summed E-state index contributed by atoms with van der Waals surface area (Å²) in [6.07, 6.45) is -0.854. The van der Waals surface area contributed by atoms with Crippen LogP contribution in [0.3, 0.4) is 0 Å². The molecule has 29 heavy (non-hydrogen) atoms. The Bertz CT molecular complexity index is 851. The van der Waals surface area contributed by atoms with E-state index in [1.165, 1.54) is 0 Å². The summed E-state index contributed by atoms with van der Waals surface area (Å²) in [4.78, 5) is 24.3. The van der Waals surface area contributed by atoms with E-state index in [0.29, 0.717) is 6.42 Å². The minimum Gasteiger partial charge on any atom is -0.481 e. The van der Waals surface area contributed by atoms with E-state index in [4.69, 9.17) is 10.5 Å². The van der Waals surface area contributed by atoms with Crippen LogP contribution in [-0.4, -0.2) is 40.9 Å². The molecule has 0 radical (unpaired) electrons. The Balaban J connectivity index is 1.78. The smallest absolute Gasteiger partial charge is 0.323 e. The van der Waals surface area contributed by atoms with Gasteiger partial charge in [-0.25, -0.2) is 0 Å². The number of aliphatic hydroxyl groups is 1. The quantitative estimate of drug-likeness (QED) is 0.467. The topological polar surface area (TPSA) is 110 Å². The summed E-state index contributed by atoms with van der Waals surface area (Å²) in [6, 6.07) is 14.9. The van der Waals surface area contributed by atoms with Crippen LogP contribution in [0, 0.1) is 11.8 Å². The highest BCUT2D eigenvalue weighted by Crippen LogP contribution is 2.44. The van der Waals surface area contributed by atoms with Crippen molar-refractivity contribution >= 4 is 11.9 Å². The molecule has 0 aromatic heterocycles. The van der Waals surface area contributed by atoms with Crippen molar-refractivity contribution < 1.29 is 24.5 Å². The second-order valence-corrected chi connectivity index (χ2v) is 7.63. The number of carbonyl (C=O) groups excluding carboxylic acids is 1. The van der Waals surface area contributed by atoms with Gasteiger partial charge in [0, 0.05) is 12.0 Å². The van der Waals surface area contributed by atoms with Crippen molar-refractivity contribution in [3.8, 4) is 11.1 Å². The Morgan fingerprint density at radius 1 is 1.07 bits per heavy atom. The number of carboxylic acids is 1. The van der Waals surface area contributed by atoms with Crippen molar-refractivity contribution in [3.63, 3.8) is 0 Å². The van der Waals surface area contributed by atoms with Gasteiger partial charge in [-0.05, 0) is 28.2 Å². The van der Waals surface area contributed by atoms with Crippen LogP contribution in [0.1, 0.15) is 37.3 Å². The van der Waals surface area contributed by atoms with Gasteiger partial charge in [0.15, 0.2) is 5.92 Å². The molecule has 0 aliphatic heterocycles. The molecule has 6 nitrogen and oxygen atoms in total. The number of hydrogen-bond donors (Lipinski definition) is 3. The highest BCUT2D eigenvalue weighted by molar-refractivity contribution is 5.94. The highest BCUT2D eigenvalue weighted by atomic mass is 16.5. The minimum atomic E-state index is -1.72. The number of ether oxygens (including phenoxy) is 1. The average molecular weight is 397 g/mol. The number of aliphatic carboxylic acids is 1. The molecule has 0 amide bonds. The summed E-state index contributed by atoms with van der Waals surface area (Å²) < 4.78 is 5.41. The van der Waals surface area contributed by atoms with Gasteiger partial charge < -0.3 is 20.7 Å². The molecule has 0 bridgehead atoms. The summed E-state index contributed by atoms with van der Waals surface area (Å²) in [5.41, 5.74) is 10.2. The van der Waals surface area contributed by atoms with Crippen LogP contribution in [0.2, 0.25) is 0 Å². The lowest BCUT2D eigenvalue weighted by Crippen LogP contribution is -2.50. The fourth-order valence-corrected chi connectivity index (χ4v) is 3.91. The molecule has 4 N–H and O–H groups in total. The van der Waals surface area contributed by atoms with Crippen molar-refractivity contribution in [2.45, 2.75) is 38.3 Å². The van der Waals surface area contributed by atoms with Gasteiger partial charge in [-0.1, -0.05) is 68.8 Å². The zero-order valence-corrected chi connectivity index (χ0v) is 16.6. The summed E-state index contributed by atoms with van der Waals surface area (Å²) in [7, 11) is 0. The molecule has 2 aromatic carbocycles. The molecule has 154 valence electrons. The molecular weight excluding hydrogens is 370 g/mol. The van der Waals surface area contributed by atoms with Crippen molar-refractivity contribution in [2.24, 2.45) is 17.6 Å². The average Bonchev–Trinajstić information content (AvgIpc) is 3.04. The van der Waals surface area contributed by atoms with E-state index >= 15 is 0 Å². The van der Waals surface area contributed by atoms with E-state index < -0.39 is 30.0 Å². The van der Waals surface area contributed by atoms with E-state index in [-0.39, 0.29) is 18.4 Å². The molecule has 0 saturated carbocycles. The largest absolute Gasteiger partial charge is 0.481 e.